The van der Waals surface area contributed by atoms with Crippen molar-refractivity contribution in [2.45, 2.75) is 70.9 Å². The number of ether oxygens (including phenoxy) is 1. The number of nitrogens with one attached hydrogen (secondary N) is 2. The summed E-state index contributed by atoms with van der Waals surface area (Å²) in [6.45, 7) is 4.68. The van der Waals surface area contributed by atoms with E-state index in [-0.39, 0.29) is 0 Å². The molecule has 2 N–H and O–H groups in total. The number of esters is 1. The largest absolute Gasteiger partial charge is 0.465 e. The third kappa shape index (κ3) is 5.43. The first-order valence-electron chi connectivity index (χ1n) is 9.59. The maximum absolute atomic E-state index is 11.7. The molecule has 6 heteroatoms. The second-order valence-corrected chi connectivity index (χ2v) is 6.94. The van der Waals surface area contributed by atoms with Crippen LogP contribution in [0.4, 0.5) is 5.82 Å². The molecule has 0 spiro atoms. The third-order valence-corrected chi connectivity index (χ3v) is 5.09. The van der Waals surface area contributed by atoms with Crippen molar-refractivity contribution in [3.63, 3.8) is 0 Å². The summed E-state index contributed by atoms with van der Waals surface area (Å²) in [7, 11) is 1.32. The van der Waals surface area contributed by atoms with E-state index in [9.17, 15) is 10.1 Å². The number of carbonyl (C=O) groups excluding carboxylic acids is 1. The van der Waals surface area contributed by atoms with Gasteiger partial charge >= 0.3 is 5.97 Å². The molecule has 1 heterocycles. The van der Waals surface area contributed by atoms with E-state index >= 15 is 0 Å². The van der Waals surface area contributed by atoms with Gasteiger partial charge in [0.05, 0.1) is 23.9 Å². The van der Waals surface area contributed by atoms with Gasteiger partial charge in [-0.15, -0.1) is 0 Å². The lowest BCUT2D eigenvalue weighted by molar-refractivity contribution is 0.0599. The average Bonchev–Trinajstić information content (AvgIpc) is 2.67. The van der Waals surface area contributed by atoms with Gasteiger partial charge in [0.25, 0.3) is 0 Å². The van der Waals surface area contributed by atoms with E-state index in [1.54, 1.807) is 13.0 Å². The number of anilines is 1. The lowest BCUT2D eigenvalue weighted by Gasteiger charge is -2.28. The van der Waals surface area contributed by atoms with Crippen molar-refractivity contribution >= 4 is 11.8 Å². The van der Waals surface area contributed by atoms with E-state index in [0.717, 1.165) is 19.4 Å². The number of hydrogen-bond donors (Lipinski definition) is 2. The highest BCUT2D eigenvalue weighted by atomic mass is 16.5. The summed E-state index contributed by atoms with van der Waals surface area (Å²) in [5.41, 5.74) is 1.26. The first-order valence-corrected chi connectivity index (χ1v) is 9.59. The molecular weight excluding hydrogens is 328 g/mol. The van der Waals surface area contributed by atoms with Gasteiger partial charge < -0.3 is 15.4 Å². The minimum atomic E-state index is -0.472. The van der Waals surface area contributed by atoms with Crippen molar-refractivity contribution in [3.05, 3.63) is 22.9 Å². The predicted molar refractivity (Wildman–Crippen MR) is 102 cm³/mol. The Hall–Kier alpha value is -2.13. The van der Waals surface area contributed by atoms with Gasteiger partial charge in [-0.1, -0.05) is 26.2 Å². The molecule has 0 aliphatic heterocycles. The van der Waals surface area contributed by atoms with Crippen LogP contribution >= 0.6 is 0 Å². The van der Waals surface area contributed by atoms with Crippen molar-refractivity contribution in [3.8, 4) is 6.07 Å². The van der Waals surface area contributed by atoms with Crippen LogP contribution in [-0.2, 0) is 4.74 Å². The molecule has 1 saturated carbocycles. The number of carbonyl (C=O) groups is 1. The van der Waals surface area contributed by atoms with Crippen molar-refractivity contribution in [1.29, 1.82) is 5.26 Å². The molecule has 1 aromatic rings. The van der Waals surface area contributed by atoms with Crippen LogP contribution < -0.4 is 10.6 Å². The summed E-state index contributed by atoms with van der Waals surface area (Å²) in [6, 6.07) is 4.77. The lowest BCUT2D eigenvalue weighted by atomic mass is 9.94. The Morgan fingerprint density at radius 3 is 2.77 bits per heavy atom. The van der Waals surface area contributed by atoms with Gasteiger partial charge in [0, 0.05) is 18.6 Å². The molecule has 142 valence electrons. The van der Waals surface area contributed by atoms with Gasteiger partial charge in [0.1, 0.15) is 11.9 Å². The third-order valence-electron chi connectivity index (χ3n) is 5.09. The molecule has 1 unspecified atom stereocenters. The molecular formula is C20H30N4O2. The summed E-state index contributed by atoms with van der Waals surface area (Å²) >= 11 is 0. The van der Waals surface area contributed by atoms with E-state index in [0.29, 0.717) is 34.7 Å². The molecule has 0 radical (unpaired) electrons. The fraction of sp³-hybridized carbons (Fsp3) is 0.650. The molecule has 0 saturated heterocycles. The zero-order valence-electron chi connectivity index (χ0n) is 16.1. The number of aryl methyl sites for hydroxylation is 1. The number of methoxy groups -OCH3 is 1. The molecule has 0 bridgehead atoms. The molecule has 1 fully saturated rings. The normalized spacial score (nSPS) is 15.9. The van der Waals surface area contributed by atoms with E-state index in [2.05, 4.69) is 28.6 Å². The number of nitrogens with zero attached hydrogens (tertiary/aromatic N) is 2. The van der Waals surface area contributed by atoms with Crippen molar-refractivity contribution in [2.75, 3.05) is 19.0 Å². The summed E-state index contributed by atoms with van der Waals surface area (Å²) in [5.74, 6) is 0.0611. The molecule has 1 aliphatic carbocycles. The van der Waals surface area contributed by atoms with Crippen LogP contribution in [0.1, 0.15) is 73.5 Å². The first-order chi connectivity index (χ1) is 12.6. The number of hydrogen-bond acceptors (Lipinski definition) is 6. The van der Waals surface area contributed by atoms with Crippen molar-refractivity contribution < 1.29 is 9.53 Å². The van der Waals surface area contributed by atoms with E-state index in [1.807, 2.05) is 0 Å². The molecule has 1 aliphatic rings. The highest BCUT2D eigenvalue weighted by molar-refractivity contribution is 5.91. The Morgan fingerprint density at radius 1 is 1.42 bits per heavy atom. The minimum absolute atomic E-state index is 0.333. The number of aromatic nitrogens is 1. The van der Waals surface area contributed by atoms with Crippen LogP contribution in [-0.4, -0.2) is 36.7 Å². The zero-order chi connectivity index (χ0) is 18.9. The Bertz CT molecular complexity index is 648. The van der Waals surface area contributed by atoms with Gasteiger partial charge in [-0.25, -0.2) is 9.78 Å². The Morgan fingerprint density at radius 2 is 2.15 bits per heavy atom. The second kappa shape index (κ2) is 10.1. The fourth-order valence-electron chi connectivity index (χ4n) is 3.51. The van der Waals surface area contributed by atoms with E-state index in [1.165, 1.54) is 39.2 Å². The molecule has 0 aromatic carbocycles. The molecule has 1 atom stereocenters. The first kappa shape index (κ1) is 20.2. The predicted octanol–water partition coefficient (Wildman–Crippen LogP) is 3.55. The van der Waals surface area contributed by atoms with Crippen LogP contribution in [0.25, 0.3) is 0 Å². The topological polar surface area (TPSA) is 87.0 Å². The van der Waals surface area contributed by atoms with E-state index in [4.69, 9.17) is 4.74 Å². The number of pyridine rings is 1. The monoisotopic (exact) mass is 358 g/mol. The SMILES string of the molecule is CCC(CCNc1nc(C)c(C(=O)OC)cc1C#N)NC1CCCCC1. The Kier molecular flexibility index (Phi) is 7.86. The highest BCUT2D eigenvalue weighted by Crippen LogP contribution is 2.20. The lowest BCUT2D eigenvalue weighted by Crippen LogP contribution is -2.40. The summed E-state index contributed by atoms with van der Waals surface area (Å²) in [4.78, 5) is 16.1. The van der Waals surface area contributed by atoms with Crippen molar-refractivity contribution in [2.24, 2.45) is 0 Å². The maximum atomic E-state index is 11.7. The van der Waals surface area contributed by atoms with Crippen LogP contribution in [0.3, 0.4) is 0 Å². The van der Waals surface area contributed by atoms with Gasteiger partial charge in [0.15, 0.2) is 0 Å². The quantitative estimate of drug-likeness (QED) is 0.691. The Balaban J connectivity index is 1.94. The number of rotatable bonds is 8. The van der Waals surface area contributed by atoms with Crippen LogP contribution in [0.15, 0.2) is 6.07 Å². The molecule has 1 aromatic heterocycles. The van der Waals surface area contributed by atoms with Gasteiger partial charge in [-0.2, -0.15) is 5.26 Å². The molecule has 6 nitrogen and oxygen atoms in total. The smallest absolute Gasteiger partial charge is 0.339 e. The number of nitriles is 1. The minimum Gasteiger partial charge on any atom is -0.465 e. The van der Waals surface area contributed by atoms with Crippen LogP contribution in [0, 0.1) is 18.3 Å². The molecule has 0 amide bonds. The zero-order valence-corrected chi connectivity index (χ0v) is 16.1. The molecule has 26 heavy (non-hydrogen) atoms. The van der Waals surface area contributed by atoms with Gasteiger partial charge in [0.2, 0.25) is 0 Å². The second-order valence-electron chi connectivity index (χ2n) is 6.94. The maximum Gasteiger partial charge on any atom is 0.339 e. The van der Waals surface area contributed by atoms with Gasteiger partial charge in [-0.3, -0.25) is 0 Å². The van der Waals surface area contributed by atoms with Crippen molar-refractivity contribution in [1.82, 2.24) is 10.3 Å². The average molecular weight is 358 g/mol. The Labute approximate surface area is 156 Å². The van der Waals surface area contributed by atoms with Gasteiger partial charge in [-0.05, 0) is 38.7 Å². The summed E-state index contributed by atoms with van der Waals surface area (Å²) in [6.07, 6.45) is 8.62. The fourth-order valence-corrected chi connectivity index (χ4v) is 3.51. The van der Waals surface area contributed by atoms with Crippen LogP contribution in [0.2, 0.25) is 0 Å². The van der Waals surface area contributed by atoms with Crippen LogP contribution in [0.5, 0.6) is 0 Å². The van der Waals surface area contributed by atoms with E-state index < -0.39 is 5.97 Å². The molecule has 2 rings (SSSR count). The highest BCUT2D eigenvalue weighted by Gasteiger charge is 2.18. The summed E-state index contributed by atoms with van der Waals surface area (Å²) in [5, 5.41) is 16.4. The summed E-state index contributed by atoms with van der Waals surface area (Å²) < 4.78 is 4.74. The standard InChI is InChI=1S/C20H30N4O2/c1-4-16(24-17-8-6-5-7-9-17)10-11-22-19-15(13-21)12-18(14(2)23-19)20(25)26-3/h12,16-17,24H,4-11H2,1-3H3,(H,22,23).